The zero-order valence-corrected chi connectivity index (χ0v) is 9.20. The molecular formula is C10H11BrN2O. The first kappa shape index (κ1) is 9.52. The van der Waals surface area contributed by atoms with E-state index in [9.17, 15) is 4.79 Å². The van der Waals surface area contributed by atoms with E-state index in [-0.39, 0.29) is 10.7 Å². The fourth-order valence-corrected chi connectivity index (χ4v) is 2.13. The predicted octanol–water partition coefficient (Wildman–Crippen LogP) is 1.77. The Balaban J connectivity index is 2.23. The number of benzene rings is 1. The molecule has 1 fully saturated rings. The first-order valence-corrected chi connectivity index (χ1v) is 5.38. The number of carbonyl (C=O) groups is 1. The van der Waals surface area contributed by atoms with Gasteiger partial charge in [-0.2, -0.15) is 0 Å². The van der Waals surface area contributed by atoms with Crippen molar-refractivity contribution in [2.75, 3.05) is 17.2 Å². The zero-order chi connectivity index (χ0) is 10.1. The fourth-order valence-electron chi connectivity index (χ4n) is 1.57. The van der Waals surface area contributed by atoms with Crippen molar-refractivity contribution in [1.29, 1.82) is 0 Å². The van der Waals surface area contributed by atoms with Crippen molar-refractivity contribution < 1.29 is 4.79 Å². The molecule has 74 valence electrons. The quantitative estimate of drug-likeness (QED) is 0.614. The second-order valence-electron chi connectivity index (χ2n) is 3.40. The molecule has 1 aromatic rings. The Morgan fingerprint density at radius 3 is 2.50 bits per heavy atom. The van der Waals surface area contributed by atoms with Crippen LogP contribution in [0.2, 0.25) is 0 Å². The fraction of sp³-hybridized carbons (Fsp3) is 0.300. The lowest BCUT2D eigenvalue weighted by Gasteiger charge is -2.15. The van der Waals surface area contributed by atoms with Gasteiger partial charge in [0.25, 0.3) is 0 Å². The average Bonchev–Trinajstić information content (AvgIpc) is 2.47. The maximum absolute atomic E-state index is 11.5. The molecule has 3 nitrogen and oxygen atoms in total. The van der Waals surface area contributed by atoms with Gasteiger partial charge in [0.05, 0.1) is 0 Å². The Bertz CT molecular complexity index is 350. The number of anilines is 2. The van der Waals surface area contributed by atoms with Gasteiger partial charge in [-0.05, 0) is 24.3 Å². The lowest BCUT2D eigenvalue weighted by Crippen LogP contribution is -2.24. The zero-order valence-electron chi connectivity index (χ0n) is 7.61. The first-order valence-electron chi connectivity index (χ1n) is 4.47. The summed E-state index contributed by atoms with van der Waals surface area (Å²) in [5.41, 5.74) is 7.22. The van der Waals surface area contributed by atoms with Gasteiger partial charge in [0, 0.05) is 29.2 Å². The summed E-state index contributed by atoms with van der Waals surface area (Å²) in [6, 6.07) is 7.37. The van der Waals surface area contributed by atoms with Crippen LogP contribution in [0.25, 0.3) is 0 Å². The third kappa shape index (κ3) is 1.75. The highest BCUT2D eigenvalue weighted by Crippen LogP contribution is 2.25. The maximum Gasteiger partial charge on any atom is 0.228 e. The maximum atomic E-state index is 11.5. The molecule has 4 heteroatoms. The largest absolute Gasteiger partial charge is 0.399 e. The van der Waals surface area contributed by atoms with Crippen LogP contribution in [0.5, 0.6) is 0 Å². The number of nitrogen functional groups attached to an aromatic ring is 1. The van der Waals surface area contributed by atoms with Gasteiger partial charge >= 0.3 is 0 Å². The Kier molecular flexibility index (Phi) is 2.46. The normalized spacial score (nSPS) is 21.6. The summed E-state index contributed by atoms with van der Waals surface area (Å²) in [6.45, 7) is 0.739. The Hall–Kier alpha value is -1.03. The van der Waals surface area contributed by atoms with Crippen LogP contribution in [0.15, 0.2) is 24.3 Å². The summed E-state index contributed by atoms with van der Waals surface area (Å²) in [6.07, 6.45) is 0.574. The third-order valence-electron chi connectivity index (χ3n) is 2.28. The van der Waals surface area contributed by atoms with E-state index < -0.39 is 0 Å². The number of halogens is 1. The van der Waals surface area contributed by atoms with Gasteiger partial charge in [-0.25, -0.2) is 0 Å². The summed E-state index contributed by atoms with van der Waals surface area (Å²) in [5.74, 6) is 0.164. The molecule has 1 atom stereocenters. The summed E-state index contributed by atoms with van der Waals surface area (Å²) < 4.78 is 0. The summed E-state index contributed by atoms with van der Waals surface area (Å²) in [5, 5.41) is 0. The molecule has 14 heavy (non-hydrogen) atoms. The Labute approximate surface area is 91.0 Å². The van der Waals surface area contributed by atoms with E-state index >= 15 is 0 Å². The van der Waals surface area contributed by atoms with Gasteiger partial charge in [0.15, 0.2) is 0 Å². The number of amides is 1. The molecule has 0 bridgehead atoms. The van der Waals surface area contributed by atoms with Crippen molar-refractivity contribution in [3.8, 4) is 0 Å². The van der Waals surface area contributed by atoms with Crippen molar-refractivity contribution in [3.05, 3.63) is 24.3 Å². The predicted molar refractivity (Wildman–Crippen MR) is 60.5 cm³/mol. The van der Waals surface area contributed by atoms with Crippen LogP contribution in [-0.4, -0.2) is 17.3 Å². The summed E-state index contributed by atoms with van der Waals surface area (Å²) in [7, 11) is 0. The second kappa shape index (κ2) is 3.61. The van der Waals surface area contributed by atoms with Gasteiger partial charge in [-0.1, -0.05) is 15.9 Å². The van der Waals surface area contributed by atoms with E-state index in [1.165, 1.54) is 0 Å². The SMILES string of the molecule is Nc1ccc(N2CC(Br)CC2=O)cc1. The molecule has 2 rings (SSSR count). The van der Waals surface area contributed by atoms with Gasteiger partial charge in [0.2, 0.25) is 5.91 Å². The van der Waals surface area contributed by atoms with Crippen LogP contribution in [0.3, 0.4) is 0 Å². The van der Waals surface area contributed by atoms with Crippen LogP contribution >= 0.6 is 15.9 Å². The Morgan fingerprint density at radius 1 is 1.36 bits per heavy atom. The average molecular weight is 255 g/mol. The van der Waals surface area contributed by atoms with E-state index in [0.717, 1.165) is 17.9 Å². The van der Waals surface area contributed by atoms with E-state index in [0.29, 0.717) is 6.42 Å². The van der Waals surface area contributed by atoms with Gasteiger partial charge in [0.1, 0.15) is 0 Å². The molecule has 0 radical (unpaired) electrons. The van der Waals surface area contributed by atoms with Crippen LogP contribution in [0, 0.1) is 0 Å². The van der Waals surface area contributed by atoms with Crippen LogP contribution in [0.1, 0.15) is 6.42 Å². The van der Waals surface area contributed by atoms with Crippen LogP contribution in [-0.2, 0) is 4.79 Å². The second-order valence-corrected chi connectivity index (χ2v) is 4.69. The number of alkyl halides is 1. The minimum absolute atomic E-state index is 0.164. The summed E-state index contributed by atoms with van der Waals surface area (Å²) in [4.78, 5) is 13.6. The van der Waals surface area contributed by atoms with Crippen LogP contribution < -0.4 is 10.6 Å². The van der Waals surface area contributed by atoms with Crippen molar-refractivity contribution in [1.82, 2.24) is 0 Å². The molecule has 2 N–H and O–H groups in total. The number of carbonyl (C=O) groups excluding carboxylic acids is 1. The monoisotopic (exact) mass is 254 g/mol. The number of nitrogens with zero attached hydrogens (tertiary/aromatic N) is 1. The Morgan fingerprint density at radius 2 is 2.00 bits per heavy atom. The molecule has 0 aromatic heterocycles. The topological polar surface area (TPSA) is 46.3 Å². The lowest BCUT2D eigenvalue weighted by molar-refractivity contribution is -0.117. The minimum Gasteiger partial charge on any atom is -0.399 e. The van der Waals surface area contributed by atoms with E-state index in [4.69, 9.17) is 5.73 Å². The molecule has 1 amide bonds. The molecule has 1 aliphatic rings. The van der Waals surface area contributed by atoms with Crippen molar-refractivity contribution in [2.24, 2.45) is 0 Å². The minimum atomic E-state index is 0.164. The third-order valence-corrected chi connectivity index (χ3v) is 2.90. The molecule has 1 aromatic carbocycles. The van der Waals surface area contributed by atoms with Crippen molar-refractivity contribution in [3.63, 3.8) is 0 Å². The van der Waals surface area contributed by atoms with E-state index in [1.807, 2.05) is 24.3 Å². The first-order chi connectivity index (χ1) is 6.66. The molecule has 1 unspecified atom stereocenters. The van der Waals surface area contributed by atoms with Crippen molar-refractivity contribution >= 4 is 33.2 Å². The highest BCUT2D eigenvalue weighted by atomic mass is 79.9. The van der Waals surface area contributed by atoms with Gasteiger partial charge in [-0.3, -0.25) is 4.79 Å². The molecule has 1 saturated heterocycles. The number of rotatable bonds is 1. The van der Waals surface area contributed by atoms with Crippen LogP contribution in [0.4, 0.5) is 11.4 Å². The van der Waals surface area contributed by atoms with Crippen molar-refractivity contribution in [2.45, 2.75) is 11.2 Å². The number of nitrogens with two attached hydrogens (primary N) is 1. The number of hydrogen-bond donors (Lipinski definition) is 1. The highest BCUT2D eigenvalue weighted by Gasteiger charge is 2.28. The van der Waals surface area contributed by atoms with E-state index in [1.54, 1.807) is 4.90 Å². The molecule has 1 heterocycles. The molecule has 0 spiro atoms. The molecular weight excluding hydrogens is 244 g/mol. The lowest BCUT2D eigenvalue weighted by atomic mass is 10.2. The summed E-state index contributed by atoms with van der Waals surface area (Å²) >= 11 is 3.44. The van der Waals surface area contributed by atoms with Gasteiger partial charge < -0.3 is 10.6 Å². The molecule has 1 aliphatic heterocycles. The highest BCUT2D eigenvalue weighted by molar-refractivity contribution is 9.09. The smallest absolute Gasteiger partial charge is 0.228 e. The molecule has 0 aliphatic carbocycles. The standard InChI is InChI=1S/C10H11BrN2O/c11-7-5-10(14)13(6-7)9-3-1-8(12)2-4-9/h1-4,7H,5-6,12H2. The van der Waals surface area contributed by atoms with E-state index in [2.05, 4.69) is 15.9 Å². The molecule has 0 saturated carbocycles. The van der Waals surface area contributed by atoms with Gasteiger partial charge in [-0.15, -0.1) is 0 Å². The number of hydrogen-bond acceptors (Lipinski definition) is 2.